The number of carboxylic acids is 2. The molecule has 2 N–H and O–H groups in total. The summed E-state index contributed by atoms with van der Waals surface area (Å²) in [4.78, 5) is 21.6. The Morgan fingerprint density at radius 2 is 1.75 bits per heavy atom. The minimum atomic E-state index is -2.23. The smallest absolute Gasteiger partial charge is 0.343 e. The Morgan fingerprint density at radius 3 is 2.06 bits per heavy atom. The van der Waals surface area contributed by atoms with E-state index in [9.17, 15) is 9.59 Å². The molecular formula is C9H8O4S3. The molecule has 0 unspecified atom stereocenters. The first kappa shape index (κ1) is 13.0. The van der Waals surface area contributed by atoms with Crippen molar-refractivity contribution in [2.24, 2.45) is 0 Å². The zero-order chi connectivity index (χ0) is 12.5. The van der Waals surface area contributed by atoms with Gasteiger partial charge >= 0.3 is 11.9 Å². The van der Waals surface area contributed by atoms with Gasteiger partial charge < -0.3 is 10.2 Å². The topological polar surface area (TPSA) is 74.6 Å². The Hall–Kier alpha value is -1.05. The summed E-state index contributed by atoms with van der Waals surface area (Å²) >= 11 is 5.82. The van der Waals surface area contributed by atoms with Crippen LogP contribution in [0, 0.1) is 0 Å². The Balaban J connectivity index is 3.56. The van der Waals surface area contributed by atoms with E-state index >= 15 is 0 Å². The fourth-order valence-electron chi connectivity index (χ4n) is 1.19. The van der Waals surface area contributed by atoms with Gasteiger partial charge in [0, 0.05) is 0 Å². The van der Waals surface area contributed by atoms with Crippen LogP contribution in [0.15, 0.2) is 33.8 Å². The lowest BCUT2D eigenvalue weighted by atomic mass is 10.5. The Kier molecular flexibility index (Phi) is 3.61. The van der Waals surface area contributed by atoms with Gasteiger partial charge in [0.1, 0.15) is 13.3 Å². The average Bonchev–Trinajstić information content (AvgIpc) is 2.52. The van der Waals surface area contributed by atoms with Gasteiger partial charge in [-0.05, 0) is 10.8 Å². The van der Waals surface area contributed by atoms with Gasteiger partial charge in [-0.15, -0.1) is 10.0 Å². The fraction of sp³-hybridized carbons (Fsp3) is 0. The van der Waals surface area contributed by atoms with Gasteiger partial charge in [0.05, 0.1) is 0 Å². The third kappa shape index (κ3) is 1.70. The first-order valence-electron chi connectivity index (χ1n) is 3.91. The number of rotatable bonds is 4. The minimum absolute atomic E-state index is 0.208. The van der Waals surface area contributed by atoms with Crippen LogP contribution in [0.1, 0.15) is 0 Å². The maximum atomic E-state index is 11.1. The Morgan fingerprint density at radius 1 is 1.25 bits per heavy atom. The van der Waals surface area contributed by atoms with Gasteiger partial charge in [0.25, 0.3) is 0 Å². The molecule has 0 aromatic rings. The largest absolute Gasteiger partial charge is 0.477 e. The average molecular weight is 276 g/mol. The number of aliphatic carboxylic acids is 2. The van der Waals surface area contributed by atoms with Gasteiger partial charge in [-0.3, -0.25) is 0 Å². The van der Waals surface area contributed by atoms with Gasteiger partial charge in [-0.1, -0.05) is 37.1 Å². The summed E-state index contributed by atoms with van der Waals surface area (Å²) in [6.45, 7) is 7.07. The molecule has 0 saturated carbocycles. The number of thioether (sulfide) groups is 1. The van der Waals surface area contributed by atoms with E-state index in [1.165, 1.54) is 10.8 Å². The number of hydrogen-bond donors (Lipinski definition) is 2. The zero-order valence-electron chi connectivity index (χ0n) is 8.00. The highest BCUT2D eigenvalue weighted by Gasteiger charge is 2.44. The van der Waals surface area contributed by atoms with Gasteiger partial charge in [-0.2, -0.15) is 0 Å². The van der Waals surface area contributed by atoms with Crippen LogP contribution in [0.4, 0.5) is 0 Å². The molecule has 16 heavy (non-hydrogen) atoms. The highest BCUT2D eigenvalue weighted by molar-refractivity contribution is 8.70. The molecule has 1 rings (SSSR count). The Bertz CT molecular complexity index is 442. The van der Waals surface area contributed by atoms with E-state index < -0.39 is 22.0 Å². The summed E-state index contributed by atoms with van der Waals surface area (Å²) in [5.74, 6) is -2.58. The number of hydrogen-bond acceptors (Lipinski definition) is 4. The van der Waals surface area contributed by atoms with E-state index in [4.69, 9.17) is 22.4 Å². The van der Waals surface area contributed by atoms with Gasteiger partial charge in [-0.25, -0.2) is 9.59 Å². The maximum Gasteiger partial charge on any atom is 0.343 e. The standard InChI is InChI=1S/C9H8O4S3/c1-3-16(4-2)6(8(12)13)5(7(10)11)15-9(16)14/h3-4H,1-2H2,(H,10,11)(H,12,13). The molecule has 0 radical (unpaired) electrons. The monoisotopic (exact) mass is 276 g/mol. The normalized spacial score (nSPS) is 20.4. The lowest BCUT2D eigenvalue weighted by molar-refractivity contribution is -0.134. The quantitative estimate of drug-likeness (QED) is 0.607. The van der Waals surface area contributed by atoms with Crippen molar-refractivity contribution in [1.29, 1.82) is 0 Å². The molecular weight excluding hydrogens is 268 g/mol. The van der Waals surface area contributed by atoms with Crippen LogP contribution in [-0.4, -0.2) is 25.7 Å². The van der Waals surface area contributed by atoms with Crippen molar-refractivity contribution in [1.82, 2.24) is 0 Å². The second-order valence-electron chi connectivity index (χ2n) is 2.66. The lowest BCUT2D eigenvalue weighted by Crippen LogP contribution is -2.10. The molecule has 1 aliphatic rings. The SMILES string of the molecule is C=CS1(C=C)C(=S)SC(C(=O)O)=C1C(=O)O. The van der Waals surface area contributed by atoms with Crippen LogP contribution in [0.25, 0.3) is 0 Å². The predicted molar refractivity (Wildman–Crippen MR) is 70.5 cm³/mol. The molecule has 0 bridgehead atoms. The van der Waals surface area contributed by atoms with Crippen molar-refractivity contribution in [2.45, 2.75) is 0 Å². The Labute approximate surface area is 103 Å². The summed E-state index contributed by atoms with van der Waals surface area (Å²) < 4.78 is 0.298. The summed E-state index contributed by atoms with van der Waals surface area (Å²) in [6, 6.07) is 0. The van der Waals surface area contributed by atoms with Crippen molar-refractivity contribution in [3.8, 4) is 0 Å². The molecule has 1 aliphatic heterocycles. The van der Waals surface area contributed by atoms with Crippen LogP contribution in [0.3, 0.4) is 0 Å². The number of thiocarbonyl (C=S) groups is 1. The summed E-state index contributed by atoms with van der Waals surface area (Å²) in [7, 11) is -2.23. The van der Waals surface area contributed by atoms with E-state index in [1.54, 1.807) is 0 Å². The van der Waals surface area contributed by atoms with Crippen LogP contribution in [0.5, 0.6) is 0 Å². The van der Waals surface area contributed by atoms with Crippen molar-refractivity contribution < 1.29 is 19.8 Å². The number of carboxylic acid groups (broad SMARTS) is 2. The van der Waals surface area contributed by atoms with Crippen LogP contribution in [-0.2, 0) is 9.59 Å². The fourth-order valence-corrected chi connectivity index (χ4v) is 6.12. The van der Waals surface area contributed by atoms with E-state index in [1.807, 2.05) is 0 Å². The second-order valence-corrected chi connectivity index (χ2v) is 7.77. The third-order valence-electron chi connectivity index (χ3n) is 1.92. The lowest BCUT2D eigenvalue weighted by Gasteiger charge is -2.27. The molecule has 0 saturated heterocycles. The highest BCUT2D eigenvalue weighted by Crippen LogP contribution is 2.68. The predicted octanol–water partition coefficient (Wildman–Crippen LogP) is 2.49. The molecule has 86 valence electrons. The molecule has 1 heterocycles. The van der Waals surface area contributed by atoms with E-state index in [2.05, 4.69) is 13.2 Å². The van der Waals surface area contributed by atoms with E-state index in [0.717, 1.165) is 11.8 Å². The van der Waals surface area contributed by atoms with Gasteiger partial charge in [0.15, 0.2) is 0 Å². The summed E-state index contributed by atoms with van der Waals surface area (Å²) in [5, 5.41) is 20.8. The van der Waals surface area contributed by atoms with E-state index in [-0.39, 0.29) is 9.81 Å². The molecule has 0 aliphatic carbocycles. The van der Waals surface area contributed by atoms with Crippen LogP contribution < -0.4 is 0 Å². The van der Waals surface area contributed by atoms with Crippen LogP contribution in [0.2, 0.25) is 0 Å². The molecule has 0 amide bonds. The van der Waals surface area contributed by atoms with Crippen molar-refractivity contribution >= 4 is 49.5 Å². The summed E-state index contributed by atoms with van der Waals surface area (Å²) in [5.41, 5.74) is 0. The van der Waals surface area contributed by atoms with Gasteiger partial charge in [0.2, 0.25) is 0 Å². The first-order valence-corrected chi connectivity index (χ1v) is 6.90. The first-order chi connectivity index (χ1) is 7.40. The molecule has 0 aromatic carbocycles. The number of carbonyl (C=O) groups is 2. The van der Waals surface area contributed by atoms with Crippen molar-refractivity contribution in [3.63, 3.8) is 0 Å². The maximum absolute atomic E-state index is 11.1. The molecule has 7 heteroatoms. The molecule has 0 fully saturated rings. The second kappa shape index (κ2) is 4.44. The molecule has 4 nitrogen and oxygen atoms in total. The molecule has 0 spiro atoms. The van der Waals surface area contributed by atoms with Crippen LogP contribution >= 0.6 is 34.0 Å². The van der Waals surface area contributed by atoms with Crippen molar-refractivity contribution in [2.75, 3.05) is 0 Å². The summed E-state index contributed by atoms with van der Waals surface area (Å²) in [6.07, 6.45) is 0. The molecule has 0 atom stereocenters. The van der Waals surface area contributed by atoms with E-state index in [0.29, 0.717) is 3.53 Å². The zero-order valence-corrected chi connectivity index (χ0v) is 10.5. The minimum Gasteiger partial charge on any atom is -0.477 e. The highest BCUT2D eigenvalue weighted by atomic mass is 32.3. The van der Waals surface area contributed by atoms with Crippen molar-refractivity contribution in [3.05, 3.63) is 33.8 Å². The molecule has 0 aromatic heterocycles. The third-order valence-corrected chi connectivity index (χ3v) is 7.61.